The molecule has 0 amide bonds. The van der Waals surface area contributed by atoms with Crippen molar-refractivity contribution >= 4 is 45.0 Å². The van der Waals surface area contributed by atoms with E-state index >= 15 is 0 Å². The molecule has 0 aliphatic carbocycles. The van der Waals surface area contributed by atoms with Gasteiger partial charge in [0, 0.05) is 43.8 Å². The van der Waals surface area contributed by atoms with Crippen LogP contribution in [0.1, 0.15) is 16.7 Å². The van der Waals surface area contributed by atoms with Gasteiger partial charge in [-0.25, -0.2) is 0 Å². The van der Waals surface area contributed by atoms with Crippen LogP contribution in [0.25, 0.3) is 33.2 Å². The first-order valence-corrected chi connectivity index (χ1v) is 12.6. The van der Waals surface area contributed by atoms with Crippen molar-refractivity contribution in [2.24, 2.45) is 0 Å². The van der Waals surface area contributed by atoms with Gasteiger partial charge < -0.3 is 9.40 Å². The first-order chi connectivity index (χ1) is 18.5. The number of rotatable bonds is 2. The summed E-state index contributed by atoms with van der Waals surface area (Å²) >= 11 is 0. The van der Waals surface area contributed by atoms with Crippen LogP contribution in [-0.4, -0.2) is 22.6 Å². The molecule has 0 bridgehead atoms. The summed E-state index contributed by atoms with van der Waals surface area (Å²) < 4.78 is 10.1. The van der Waals surface area contributed by atoms with E-state index in [1.165, 1.54) is 16.7 Å². The number of nitrogens with zero attached hydrogens (tertiary/aromatic N) is 3. The Labute approximate surface area is 241 Å². The van der Waals surface area contributed by atoms with Crippen LogP contribution in [0.4, 0.5) is 17.1 Å². The molecule has 1 aliphatic rings. The van der Waals surface area contributed by atoms with Crippen LogP contribution >= 0.6 is 0 Å². The summed E-state index contributed by atoms with van der Waals surface area (Å²) in [6.07, 6.45) is 1.92. The Balaban J connectivity index is 0.000000169. The van der Waals surface area contributed by atoms with Crippen molar-refractivity contribution in [2.45, 2.75) is 20.8 Å². The van der Waals surface area contributed by atoms with E-state index in [0.717, 1.165) is 50.3 Å². The fourth-order valence-electron chi connectivity index (χ4n) is 4.64. The molecule has 1 aliphatic heterocycles. The maximum Gasteiger partial charge on any atom is 0.494 e. The number of benzene rings is 4. The first-order valence-electron chi connectivity index (χ1n) is 12.6. The molecule has 5 heteroatoms. The molecular formula is C34H27IrN3O. The second kappa shape index (κ2) is 10.9. The third-order valence-corrected chi connectivity index (χ3v) is 6.89. The Morgan fingerprint density at radius 3 is 2.36 bits per heavy atom. The normalized spacial score (nSPS) is 11.8. The van der Waals surface area contributed by atoms with E-state index in [0.29, 0.717) is 0 Å². The summed E-state index contributed by atoms with van der Waals surface area (Å²) in [7, 11) is 2.00. The zero-order chi connectivity index (χ0) is 26.2. The number of para-hydroxylation sites is 3. The predicted octanol–water partition coefficient (Wildman–Crippen LogP) is 8.15. The molecule has 0 saturated carbocycles. The van der Waals surface area contributed by atoms with Crippen molar-refractivity contribution in [3.8, 4) is 11.3 Å². The van der Waals surface area contributed by atoms with Crippen LogP contribution in [0, 0.1) is 32.9 Å². The molecule has 0 N–H and O–H groups in total. The fraction of sp³-hybridized carbons (Fsp3) is 0.118. The number of aryl methyl sites for hydroxylation is 3. The number of fused-ring (bicyclic) bond motifs is 4. The minimum absolute atomic E-state index is 0. The van der Waals surface area contributed by atoms with E-state index in [1.54, 1.807) is 0 Å². The molecular weight excluding hydrogens is 659 g/mol. The van der Waals surface area contributed by atoms with Gasteiger partial charge in [-0.05, 0) is 31.2 Å². The summed E-state index contributed by atoms with van der Waals surface area (Å²) in [5, 5.41) is 2.22. The smallest absolute Gasteiger partial charge is 0.494 e. The van der Waals surface area contributed by atoms with Crippen LogP contribution in [-0.2, 0) is 20.1 Å². The predicted molar refractivity (Wildman–Crippen MR) is 154 cm³/mol. The zero-order valence-electron chi connectivity index (χ0n) is 22.2. The summed E-state index contributed by atoms with van der Waals surface area (Å²) in [6.45, 7) is 6.24. The number of aromatic nitrogens is 1. The minimum atomic E-state index is 0. The van der Waals surface area contributed by atoms with Gasteiger partial charge in [-0.3, -0.25) is 0 Å². The molecule has 7 rings (SSSR count). The van der Waals surface area contributed by atoms with Crippen molar-refractivity contribution in [3.63, 3.8) is 0 Å². The van der Waals surface area contributed by atoms with Gasteiger partial charge in [0.25, 0.3) is 11.4 Å². The molecule has 0 atom stereocenters. The van der Waals surface area contributed by atoms with Crippen molar-refractivity contribution < 1.29 is 29.1 Å². The number of hydrogen-bond acceptors (Lipinski definition) is 2. The summed E-state index contributed by atoms with van der Waals surface area (Å²) in [5.41, 5.74) is 10.6. The number of hydrogen-bond donors (Lipinski definition) is 0. The Hall–Kier alpha value is -4.14. The van der Waals surface area contributed by atoms with Crippen molar-refractivity contribution in [2.75, 3.05) is 7.05 Å². The van der Waals surface area contributed by atoms with Gasteiger partial charge in [-0.1, -0.05) is 63.4 Å². The Morgan fingerprint density at radius 2 is 1.59 bits per heavy atom. The number of pyridine rings is 1. The second-order valence-electron chi connectivity index (χ2n) is 9.58. The average molecular weight is 686 g/mol. The van der Waals surface area contributed by atoms with Crippen molar-refractivity contribution in [3.05, 3.63) is 120 Å². The van der Waals surface area contributed by atoms with Gasteiger partial charge in [0.15, 0.2) is 12.7 Å². The summed E-state index contributed by atoms with van der Waals surface area (Å²) in [5.74, 6) is 0. The van der Waals surface area contributed by atoms with Crippen LogP contribution in [0.15, 0.2) is 95.5 Å². The Morgan fingerprint density at radius 1 is 0.821 bits per heavy atom. The van der Waals surface area contributed by atoms with E-state index in [1.807, 2.05) is 64.9 Å². The van der Waals surface area contributed by atoms with Crippen LogP contribution in [0.2, 0.25) is 0 Å². The van der Waals surface area contributed by atoms with E-state index in [9.17, 15) is 0 Å². The molecule has 0 saturated heterocycles. The van der Waals surface area contributed by atoms with Gasteiger partial charge >= 0.3 is 6.01 Å². The van der Waals surface area contributed by atoms with E-state index < -0.39 is 0 Å². The average Bonchev–Trinajstić information content (AvgIpc) is 3.49. The maximum absolute atomic E-state index is 6.11. The SMILES string of the molecule is C[N+]1=C=[N+](c2[c-]ccc3c2oc2ccccc23)c2ccccc21.Cc1c[c-]c(-c2cc(C)c(C)cn2)cc1.[Ir]. The molecule has 3 heterocycles. The summed E-state index contributed by atoms with van der Waals surface area (Å²) in [4.78, 5) is 4.41. The zero-order valence-corrected chi connectivity index (χ0v) is 24.6. The van der Waals surface area contributed by atoms with Crippen LogP contribution < -0.4 is 4.58 Å². The molecule has 193 valence electrons. The van der Waals surface area contributed by atoms with Crippen molar-refractivity contribution in [1.82, 2.24) is 9.56 Å². The van der Waals surface area contributed by atoms with Gasteiger partial charge in [-0.15, -0.1) is 41.5 Å². The van der Waals surface area contributed by atoms with Crippen LogP contribution in [0.5, 0.6) is 0 Å². The number of furan rings is 1. The molecule has 39 heavy (non-hydrogen) atoms. The fourth-order valence-corrected chi connectivity index (χ4v) is 4.64. The van der Waals surface area contributed by atoms with Gasteiger partial charge in [0.1, 0.15) is 5.58 Å². The molecule has 1 radical (unpaired) electrons. The molecule has 0 spiro atoms. The topological polar surface area (TPSA) is 32.0 Å². The van der Waals surface area contributed by atoms with E-state index in [2.05, 4.69) is 86.4 Å². The monoisotopic (exact) mass is 686 g/mol. The maximum atomic E-state index is 6.11. The quantitative estimate of drug-likeness (QED) is 0.136. The first kappa shape index (κ1) is 26.5. The van der Waals surface area contributed by atoms with Crippen LogP contribution in [0.3, 0.4) is 0 Å². The molecule has 2 aromatic heterocycles. The minimum Gasteiger partial charge on any atom is -0.509 e. The van der Waals surface area contributed by atoms with Gasteiger partial charge in [0.2, 0.25) is 0 Å². The third kappa shape index (κ3) is 5.01. The third-order valence-electron chi connectivity index (χ3n) is 6.89. The van der Waals surface area contributed by atoms with Gasteiger partial charge in [-0.2, -0.15) is 12.1 Å². The second-order valence-corrected chi connectivity index (χ2v) is 9.58. The standard InChI is InChI=1S/C20H13N2O.C14H14N.Ir/c1-21-13-22(17-10-4-3-9-16(17)21)18-11-6-8-15-14-7-2-5-12-19(14)23-20(15)18;1-10-4-6-13(7-5-10)14-8-11(2)12(3)9-15-14;/h2-10,12H,1H3;4-6,8-9H,1-3H3;/q+1;-1;. The Kier molecular flexibility index (Phi) is 7.41. The molecule has 4 aromatic carbocycles. The molecule has 4 nitrogen and oxygen atoms in total. The molecule has 0 fully saturated rings. The summed E-state index contributed by atoms with van der Waals surface area (Å²) in [6, 6.07) is 38.5. The van der Waals surface area contributed by atoms with Gasteiger partial charge in [0.05, 0.1) is 5.58 Å². The van der Waals surface area contributed by atoms with E-state index in [4.69, 9.17) is 4.42 Å². The molecule has 0 unspecified atom stereocenters. The van der Waals surface area contributed by atoms with E-state index in [-0.39, 0.29) is 20.1 Å². The molecule has 6 aromatic rings. The Bertz CT molecular complexity index is 1890. The van der Waals surface area contributed by atoms with Crippen molar-refractivity contribution in [1.29, 1.82) is 0 Å². The largest absolute Gasteiger partial charge is 0.509 e.